The first kappa shape index (κ1) is 15.0. The third-order valence-corrected chi connectivity index (χ3v) is 5.34. The van der Waals surface area contributed by atoms with Crippen molar-refractivity contribution >= 4 is 5.78 Å². The molecular weight excluding hydrogens is 234 g/mol. The molecule has 0 bridgehead atoms. The van der Waals surface area contributed by atoms with E-state index in [9.17, 15) is 4.79 Å². The highest BCUT2D eigenvalue weighted by molar-refractivity contribution is 5.82. The Hall–Kier alpha value is -0.370. The first-order valence-electron chi connectivity index (χ1n) is 8.10. The van der Waals surface area contributed by atoms with Gasteiger partial charge in [-0.1, -0.05) is 33.6 Å². The fourth-order valence-electron chi connectivity index (χ4n) is 4.01. The van der Waals surface area contributed by atoms with Gasteiger partial charge in [-0.3, -0.25) is 4.79 Å². The van der Waals surface area contributed by atoms with Crippen LogP contribution in [-0.4, -0.2) is 30.3 Å². The summed E-state index contributed by atoms with van der Waals surface area (Å²) in [7, 11) is 2.23. The molecule has 3 unspecified atom stereocenters. The lowest BCUT2D eigenvalue weighted by molar-refractivity contribution is -0.128. The first-order valence-corrected chi connectivity index (χ1v) is 8.10. The Bertz CT molecular complexity index is 323. The lowest BCUT2D eigenvalue weighted by Crippen LogP contribution is -2.43. The number of rotatable bonds is 3. The number of hydrogen-bond donors (Lipinski definition) is 0. The van der Waals surface area contributed by atoms with Crippen molar-refractivity contribution in [2.24, 2.45) is 17.3 Å². The van der Waals surface area contributed by atoms with E-state index in [-0.39, 0.29) is 5.92 Å². The van der Waals surface area contributed by atoms with Crippen molar-refractivity contribution in [1.82, 2.24) is 4.90 Å². The fraction of sp³-hybridized carbons (Fsp3) is 0.941. The second kappa shape index (κ2) is 5.95. The van der Waals surface area contributed by atoms with E-state index in [0.29, 0.717) is 17.2 Å². The summed E-state index contributed by atoms with van der Waals surface area (Å²) in [6, 6.07) is 0.710. The molecule has 2 heteroatoms. The van der Waals surface area contributed by atoms with Crippen molar-refractivity contribution in [1.29, 1.82) is 0 Å². The molecule has 0 radical (unpaired) electrons. The monoisotopic (exact) mass is 265 g/mol. The minimum atomic E-state index is 0.283. The van der Waals surface area contributed by atoms with E-state index in [4.69, 9.17) is 0 Å². The highest BCUT2D eigenvalue weighted by Gasteiger charge is 2.35. The van der Waals surface area contributed by atoms with Crippen LogP contribution in [0.2, 0.25) is 0 Å². The van der Waals surface area contributed by atoms with Crippen molar-refractivity contribution in [3.05, 3.63) is 0 Å². The summed E-state index contributed by atoms with van der Waals surface area (Å²) < 4.78 is 0. The van der Waals surface area contributed by atoms with Gasteiger partial charge in [0.25, 0.3) is 0 Å². The Morgan fingerprint density at radius 1 is 1.32 bits per heavy atom. The molecule has 110 valence electrons. The van der Waals surface area contributed by atoms with Gasteiger partial charge in [0.05, 0.1) is 0 Å². The summed E-state index contributed by atoms with van der Waals surface area (Å²) >= 11 is 0. The molecule has 0 aromatic rings. The molecule has 2 aliphatic carbocycles. The molecule has 3 atom stereocenters. The third-order valence-electron chi connectivity index (χ3n) is 5.34. The quantitative estimate of drug-likeness (QED) is 0.771. The Labute approximate surface area is 118 Å². The van der Waals surface area contributed by atoms with Crippen molar-refractivity contribution in [3.63, 3.8) is 0 Å². The van der Waals surface area contributed by atoms with Gasteiger partial charge >= 0.3 is 0 Å². The molecule has 0 heterocycles. The van der Waals surface area contributed by atoms with Gasteiger partial charge in [-0.25, -0.2) is 0 Å². The molecule has 0 aliphatic heterocycles. The van der Waals surface area contributed by atoms with E-state index in [1.54, 1.807) is 0 Å². The standard InChI is InChI=1S/C17H31NO/c1-13-6-5-7-15(10-13)18(4)12-14-11-17(2,3)9-8-16(14)19/h13-15H,5-12H2,1-4H3. The molecule has 19 heavy (non-hydrogen) atoms. The van der Waals surface area contributed by atoms with Crippen molar-refractivity contribution in [2.75, 3.05) is 13.6 Å². The summed E-state index contributed by atoms with van der Waals surface area (Å²) in [6.45, 7) is 7.98. The van der Waals surface area contributed by atoms with Gasteiger partial charge in [0.1, 0.15) is 5.78 Å². The number of carbonyl (C=O) groups is 1. The minimum Gasteiger partial charge on any atom is -0.303 e. The Balaban J connectivity index is 1.90. The summed E-state index contributed by atoms with van der Waals surface area (Å²) in [5.74, 6) is 1.65. The van der Waals surface area contributed by atoms with Crippen LogP contribution in [0.3, 0.4) is 0 Å². The van der Waals surface area contributed by atoms with E-state index < -0.39 is 0 Å². The third kappa shape index (κ3) is 4.05. The second-order valence-electron chi connectivity index (χ2n) is 7.90. The fourth-order valence-corrected chi connectivity index (χ4v) is 4.01. The van der Waals surface area contributed by atoms with Crippen LogP contribution in [0.4, 0.5) is 0 Å². The summed E-state index contributed by atoms with van der Waals surface area (Å²) in [6.07, 6.45) is 8.35. The molecule has 2 saturated carbocycles. The van der Waals surface area contributed by atoms with Crippen molar-refractivity contribution in [2.45, 2.75) is 71.8 Å². The van der Waals surface area contributed by atoms with Crippen LogP contribution < -0.4 is 0 Å². The highest BCUT2D eigenvalue weighted by Crippen LogP contribution is 2.37. The predicted molar refractivity (Wildman–Crippen MR) is 80.2 cm³/mol. The lowest BCUT2D eigenvalue weighted by atomic mass is 9.71. The molecule has 0 saturated heterocycles. The van der Waals surface area contributed by atoms with E-state index in [1.165, 1.54) is 25.7 Å². The Morgan fingerprint density at radius 3 is 2.74 bits per heavy atom. The number of ketones is 1. The first-order chi connectivity index (χ1) is 8.87. The number of hydrogen-bond acceptors (Lipinski definition) is 2. The molecular formula is C17H31NO. The van der Waals surface area contributed by atoms with Crippen LogP contribution in [0.1, 0.15) is 65.7 Å². The zero-order chi connectivity index (χ0) is 14.0. The van der Waals surface area contributed by atoms with Gasteiger partial charge in [-0.05, 0) is 44.1 Å². The molecule has 0 N–H and O–H groups in total. The topological polar surface area (TPSA) is 20.3 Å². The molecule has 2 fully saturated rings. The van der Waals surface area contributed by atoms with Gasteiger partial charge < -0.3 is 4.90 Å². The average Bonchev–Trinajstić information content (AvgIpc) is 2.33. The Kier molecular flexibility index (Phi) is 4.70. The molecule has 0 aromatic carbocycles. The smallest absolute Gasteiger partial charge is 0.137 e. The van der Waals surface area contributed by atoms with Crippen LogP contribution in [0.15, 0.2) is 0 Å². The summed E-state index contributed by atoms with van der Waals surface area (Å²) in [5, 5.41) is 0. The predicted octanol–water partition coefficient (Wildman–Crippen LogP) is 3.89. The van der Waals surface area contributed by atoms with Crippen LogP contribution >= 0.6 is 0 Å². The molecule has 0 aromatic heterocycles. The van der Waals surface area contributed by atoms with Gasteiger partial charge in [-0.2, -0.15) is 0 Å². The van der Waals surface area contributed by atoms with E-state index in [0.717, 1.165) is 31.7 Å². The van der Waals surface area contributed by atoms with Crippen molar-refractivity contribution in [3.8, 4) is 0 Å². The number of nitrogens with zero attached hydrogens (tertiary/aromatic N) is 1. The maximum Gasteiger partial charge on any atom is 0.137 e. The zero-order valence-electron chi connectivity index (χ0n) is 13.2. The van der Waals surface area contributed by atoms with Crippen LogP contribution in [-0.2, 0) is 4.79 Å². The Morgan fingerprint density at radius 2 is 2.05 bits per heavy atom. The van der Waals surface area contributed by atoms with Gasteiger partial charge in [0, 0.05) is 24.9 Å². The maximum atomic E-state index is 12.1. The molecule has 2 rings (SSSR count). The van der Waals surface area contributed by atoms with E-state index in [2.05, 4.69) is 32.7 Å². The van der Waals surface area contributed by atoms with E-state index >= 15 is 0 Å². The molecule has 2 aliphatic rings. The summed E-state index contributed by atoms with van der Waals surface area (Å²) in [4.78, 5) is 14.6. The molecule has 0 amide bonds. The maximum absolute atomic E-state index is 12.1. The largest absolute Gasteiger partial charge is 0.303 e. The second-order valence-corrected chi connectivity index (χ2v) is 7.90. The van der Waals surface area contributed by atoms with Gasteiger partial charge in [0.2, 0.25) is 0 Å². The van der Waals surface area contributed by atoms with Gasteiger partial charge in [0.15, 0.2) is 0 Å². The summed E-state index contributed by atoms with van der Waals surface area (Å²) in [5.41, 5.74) is 0.360. The minimum absolute atomic E-state index is 0.283. The van der Waals surface area contributed by atoms with Crippen molar-refractivity contribution < 1.29 is 4.79 Å². The van der Waals surface area contributed by atoms with Crippen LogP contribution in [0, 0.1) is 17.3 Å². The zero-order valence-corrected chi connectivity index (χ0v) is 13.2. The molecule has 2 nitrogen and oxygen atoms in total. The lowest BCUT2D eigenvalue weighted by Gasteiger charge is -2.39. The highest BCUT2D eigenvalue weighted by atomic mass is 16.1. The van der Waals surface area contributed by atoms with Crippen LogP contribution in [0.5, 0.6) is 0 Å². The number of Topliss-reactive ketones (excluding diaryl/α,β-unsaturated/α-hetero) is 1. The van der Waals surface area contributed by atoms with E-state index in [1.807, 2.05) is 0 Å². The van der Waals surface area contributed by atoms with Crippen LogP contribution in [0.25, 0.3) is 0 Å². The average molecular weight is 265 g/mol. The molecule has 0 spiro atoms. The normalized spacial score (nSPS) is 35.6. The number of carbonyl (C=O) groups excluding carboxylic acids is 1. The van der Waals surface area contributed by atoms with Gasteiger partial charge in [-0.15, -0.1) is 0 Å². The SMILES string of the molecule is CC1CCCC(N(C)CC2CC(C)(C)CCC2=O)C1.